The molecule has 21 heavy (non-hydrogen) atoms. The number of hydrogen-bond acceptors (Lipinski definition) is 3. The second-order valence-corrected chi connectivity index (χ2v) is 7.24. The molecular formula is C15H15ClN2O2S. The van der Waals surface area contributed by atoms with E-state index in [0.29, 0.717) is 16.8 Å². The summed E-state index contributed by atoms with van der Waals surface area (Å²) < 4.78 is 27.4. The van der Waals surface area contributed by atoms with E-state index >= 15 is 0 Å². The van der Waals surface area contributed by atoms with Crippen LogP contribution in [0.2, 0.25) is 5.02 Å². The number of benzene rings is 2. The number of rotatable bonds is 3. The smallest absolute Gasteiger partial charge is 0.261 e. The molecule has 110 valence electrons. The Morgan fingerprint density at radius 2 is 2.00 bits per heavy atom. The molecule has 1 aliphatic rings. The Morgan fingerprint density at radius 1 is 1.24 bits per heavy atom. The van der Waals surface area contributed by atoms with Gasteiger partial charge in [-0.1, -0.05) is 23.7 Å². The van der Waals surface area contributed by atoms with Gasteiger partial charge < -0.3 is 5.32 Å². The minimum absolute atomic E-state index is 0.247. The molecule has 0 radical (unpaired) electrons. The summed E-state index contributed by atoms with van der Waals surface area (Å²) in [5.41, 5.74) is 2.40. The molecule has 0 saturated carbocycles. The van der Waals surface area contributed by atoms with E-state index < -0.39 is 10.0 Å². The molecule has 4 nitrogen and oxygen atoms in total. The second kappa shape index (κ2) is 5.24. The largest absolute Gasteiger partial charge is 0.382 e. The summed E-state index contributed by atoms with van der Waals surface area (Å²) in [5, 5.41) is 3.67. The van der Waals surface area contributed by atoms with Gasteiger partial charge in [0.1, 0.15) is 0 Å². The summed E-state index contributed by atoms with van der Waals surface area (Å²) in [6.45, 7) is 2.07. The van der Waals surface area contributed by atoms with Crippen LogP contribution in [0.4, 0.5) is 11.4 Å². The van der Waals surface area contributed by atoms with Crippen LogP contribution in [-0.4, -0.2) is 14.5 Å². The summed E-state index contributed by atoms with van der Waals surface area (Å²) in [5.74, 6) is 0. The van der Waals surface area contributed by atoms with E-state index in [1.807, 2.05) is 0 Å². The van der Waals surface area contributed by atoms with Crippen LogP contribution >= 0.6 is 11.6 Å². The first-order chi connectivity index (χ1) is 9.95. The van der Waals surface area contributed by atoms with Crippen molar-refractivity contribution in [2.45, 2.75) is 24.3 Å². The van der Waals surface area contributed by atoms with Gasteiger partial charge in [0, 0.05) is 11.7 Å². The predicted molar refractivity (Wildman–Crippen MR) is 85.5 cm³/mol. The van der Waals surface area contributed by atoms with Crippen molar-refractivity contribution in [1.82, 2.24) is 0 Å². The van der Waals surface area contributed by atoms with Crippen molar-refractivity contribution in [3.05, 3.63) is 53.1 Å². The molecule has 2 aromatic rings. The van der Waals surface area contributed by atoms with E-state index in [-0.39, 0.29) is 4.90 Å². The van der Waals surface area contributed by atoms with Gasteiger partial charge in [-0.25, -0.2) is 8.42 Å². The van der Waals surface area contributed by atoms with Gasteiger partial charge in [0.05, 0.1) is 15.6 Å². The first-order valence-electron chi connectivity index (χ1n) is 6.62. The van der Waals surface area contributed by atoms with Crippen LogP contribution in [0.1, 0.15) is 12.5 Å². The lowest BCUT2D eigenvalue weighted by atomic mass is 10.1. The van der Waals surface area contributed by atoms with Gasteiger partial charge >= 0.3 is 0 Å². The van der Waals surface area contributed by atoms with Crippen molar-refractivity contribution in [2.75, 3.05) is 10.0 Å². The molecule has 2 N–H and O–H groups in total. The van der Waals surface area contributed by atoms with Gasteiger partial charge in [-0.15, -0.1) is 0 Å². The number of para-hydroxylation sites is 1. The Kier molecular flexibility index (Phi) is 3.55. The lowest BCUT2D eigenvalue weighted by molar-refractivity contribution is 0.601. The van der Waals surface area contributed by atoms with Crippen LogP contribution in [0.5, 0.6) is 0 Å². The van der Waals surface area contributed by atoms with E-state index in [1.165, 1.54) is 0 Å². The average molecular weight is 323 g/mol. The van der Waals surface area contributed by atoms with Gasteiger partial charge in [-0.2, -0.15) is 0 Å². The van der Waals surface area contributed by atoms with E-state index in [9.17, 15) is 8.42 Å². The first kappa shape index (κ1) is 14.2. The lowest BCUT2D eigenvalue weighted by Gasteiger charge is -2.10. The van der Waals surface area contributed by atoms with Crippen molar-refractivity contribution in [2.24, 2.45) is 0 Å². The molecule has 0 spiro atoms. The van der Waals surface area contributed by atoms with Crippen molar-refractivity contribution in [3.63, 3.8) is 0 Å². The highest BCUT2D eigenvalue weighted by Gasteiger charge is 2.21. The number of hydrogen-bond donors (Lipinski definition) is 2. The Bertz CT molecular complexity index is 790. The Hall–Kier alpha value is -1.72. The molecule has 3 rings (SSSR count). The van der Waals surface area contributed by atoms with Crippen molar-refractivity contribution < 1.29 is 8.42 Å². The summed E-state index contributed by atoms with van der Waals surface area (Å²) in [7, 11) is -3.64. The third kappa shape index (κ3) is 2.84. The van der Waals surface area contributed by atoms with Crippen molar-refractivity contribution in [1.29, 1.82) is 0 Å². The summed E-state index contributed by atoms with van der Waals surface area (Å²) in [4.78, 5) is 0.247. The summed E-state index contributed by atoms with van der Waals surface area (Å²) in [6.07, 6.45) is 0.824. The first-order valence-corrected chi connectivity index (χ1v) is 8.48. The molecule has 0 aliphatic carbocycles. The van der Waals surface area contributed by atoms with Crippen LogP contribution < -0.4 is 10.0 Å². The number of nitrogens with one attached hydrogen (secondary N) is 2. The van der Waals surface area contributed by atoms with Gasteiger partial charge in [0.25, 0.3) is 10.0 Å². The molecule has 1 aliphatic heterocycles. The molecule has 0 aromatic heterocycles. The van der Waals surface area contributed by atoms with Gasteiger partial charge in [0.15, 0.2) is 0 Å². The third-order valence-corrected chi connectivity index (χ3v) is 5.13. The minimum atomic E-state index is -3.64. The highest BCUT2D eigenvalue weighted by molar-refractivity contribution is 7.92. The molecular weight excluding hydrogens is 308 g/mol. The molecule has 0 saturated heterocycles. The molecule has 0 unspecified atom stereocenters. The maximum Gasteiger partial charge on any atom is 0.261 e. The van der Waals surface area contributed by atoms with E-state index in [4.69, 9.17) is 11.6 Å². The SMILES string of the molecule is C[C@H]1Cc2cc(S(=O)(=O)Nc3ccccc3Cl)ccc2N1. The van der Waals surface area contributed by atoms with Gasteiger partial charge in [-0.05, 0) is 49.2 Å². The zero-order chi connectivity index (χ0) is 15.0. The fourth-order valence-corrected chi connectivity index (χ4v) is 3.81. The standard InChI is InChI=1S/C15H15ClN2O2S/c1-10-8-11-9-12(6-7-14(11)17-10)21(19,20)18-15-5-3-2-4-13(15)16/h2-7,9-10,17-18H,8H2,1H3/t10-/m0/s1. The minimum Gasteiger partial charge on any atom is -0.382 e. The van der Waals surface area contributed by atoms with E-state index in [2.05, 4.69) is 17.0 Å². The average Bonchev–Trinajstić information content (AvgIpc) is 2.80. The summed E-state index contributed by atoms with van der Waals surface area (Å²) >= 11 is 5.99. The monoisotopic (exact) mass is 322 g/mol. The molecule has 2 aromatic carbocycles. The van der Waals surface area contributed by atoms with Crippen LogP contribution in [0, 0.1) is 0 Å². The van der Waals surface area contributed by atoms with Crippen LogP contribution in [0.25, 0.3) is 0 Å². The number of halogens is 1. The third-order valence-electron chi connectivity index (χ3n) is 3.43. The van der Waals surface area contributed by atoms with Gasteiger partial charge in [-0.3, -0.25) is 4.72 Å². The van der Waals surface area contributed by atoms with Crippen molar-refractivity contribution >= 4 is 33.0 Å². The Balaban J connectivity index is 1.93. The molecule has 0 fully saturated rings. The molecule has 6 heteroatoms. The zero-order valence-electron chi connectivity index (χ0n) is 11.4. The number of sulfonamides is 1. The van der Waals surface area contributed by atoms with Gasteiger partial charge in [0.2, 0.25) is 0 Å². The summed E-state index contributed by atoms with van der Waals surface area (Å²) in [6, 6.07) is 12.2. The number of anilines is 2. The second-order valence-electron chi connectivity index (χ2n) is 5.15. The lowest BCUT2D eigenvalue weighted by Crippen LogP contribution is -2.13. The zero-order valence-corrected chi connectivity index (χ0v) is 13.0. The van der Waals surface area contributed by atoms with E-state index in [0.717, 1.165) is 17.7 Å². The Labute approximate surface area is 129 Å². The quantitative estimate of drug-likeness (QED) is 0.909. The van der Waals surface area contributed by atoms with E-state index in [1.54, 1.807) is 42.5 Å². The molecule has 0 bridgehead atoms. The molecule has 1 heterocycles. The predicted octanol–water partition coefficient (Wildman–Crippen LogP) is 3.50. The topological polar surface area (TPSA) is 58.2 Å². The van der Waals surface area contributed by atoms with Crippen LogP contribution in [0.3, 0.4) is 0 Å². The fraction of sp³-hybridized carbons (Fsp3) is 0.200. The normalized spacial score (nSPS) is 17.1. The van der Waals surface area contributed by atoms with Crippen LogP contribution in [-0.2, 0) is 16.4 Å². The maximum atomic E-state index is 12.4. The highest BCUT2D eigenvalue weighted by Crippen LogP contribution is 2.29. The fourth-order valence-electron chi connectivity index (χ4n) is 2.44. The highest BCUT2D eigenvalue weighted by atomic mass is 35.5. The Morgan fingerprint density at radius 3 is 2.76 bits per heavy atom. The number of fused-ring (bicyclic) bond motifs is 1. The maximum absolute atomic E-state index is 12.4. The molecule has 0 amide bonds. The van der Waals surface area contributed by atoms with Crippen LogP contribution in [0.15, 0.2) is 47.4 Å². The molecule has 1 atom stereocenters. The van der Waals surface area contributed by atoms with Crippen molar-refractivity contribution in [3.8, 4) is 0 Å².